The maximum atomic E-state index is 11.3. The zero-order valence-electron chi connectivity index (χ0n) is 12.5. The van der Waals surface area contributed by atoms with Gasteiger partial charge in [-0.1, -0.05) is 43.3 Å². The van der Waals surface area contributed by atoms with Gasteiger partial charge in [-0.15, -0.1) is 0 Å². The van der Waals surface area contributed by atoms with Gasteiger partial charge in [0.25, 0.3) is 0 Å². The molecule has 0 aromatic heterocycles. The fourth-order valence-electron chi connectivity index (χ4n) is 2.94. The Bertz CT molecular complexity index is 672. The molecule has 4 nitrogen and oxygen atoms in total. The highest BCUT2D eigenvalue weighted by Gasteiger charge is 2.29. The van der Waals surface area contributed by atoms with Crippen molar-refractivity contribution in [2.24, 2.45) is 0 Å². The number of rotatable bonds is 4. The molecule has 3 rings (SSSR count). The minimum Gasteiger partial charge on any atom is -0.342 e. The Morgan fingerprint density at radius 3 is 2.64 bits per heavy atom. The summed E-state index contributed by atoms with van der Waals surface area (Å²) in [5, 5.41) is 0. The molecule has 0 bridgehead atoms. The Kier molecular flexibility index (Phi) is 4.63. The van der Waals surface area contributed by atoms with Crippen molar-refractivity contribution in [3.05, 3.63) is 65.2 Å². The predicted molar refractivity (Wildman–Crippen MR) is 88.4 cm³/mol. The van der Waals surface area contributed by atoms with Gasteiger partial charge in [-0.3, -0.25) is 9.09 Å². The van der Waals surface area contributed by atoms with Gasteiger partial charge in [-0.2, -0.15) is 0 Å². The lowest BCUT2D eigenvalue weighted by Crippen LogP contribution is -2.36. The van der Waals surface area contributed by atoms with E-state index in [1.54, 1.807) is 0 Å². The third-order valence-corrected chi connectivity index (χ3v) is 4.54. The third-order valence-electron chi connectivity index (χ3n) is 4.11. The normalized spacial score (nSPS) is 18.8. The van der Waals surface area contributed by atoms with Crippen LogP contribution in [0.25, 0.3) is 0 Å². The van der Waals surface area contributed by atoms with Crippen molar-refractivity contribution in [3.8, 4) is 0 Å². The third kappa shape index (κ3) is 3.09. The summed E-state index contributed by atoms with van der Waals surface area (Å²) in [6, 6.07) is 16.2. The Morgan fingerprint density at radius 1 is 1.23 bits per heavy atom. The minimum absolute atomic E-state index is 0.506. The number of aryl methyl sites for hydroxylation is 1. The Hall–Kier alpha value is -1.61. The average molecular weight is 317 g/mol. The van der Waals surface area contributed by atoms with Crippen molar-refractivity contribution in [1.29, 1.82) is 0 Å². The second-order valence-corrected chi connectivity index (χ2v) is 6.17. The molecular weight excluding hydrogens is 297 g/mol. The van der Waals surface area contributed by atoms with E-state index in [2.05, 4.69) is 42.2 Å². The molecule has 1 aliphatic rings. The molecule has 0 aliphatic carbocycles. The lowest BCUT2D eigenvalue weighted by atomic mass is 9.97. The Balaban J connectivity index is 1.97. The highest BCUT2D eigenvalue weighted by Crippen LogP contribution is 2.39. The topological polar surface area (TPSA) is 49.8 Å². The first-order chi connectivity index (χ1) is 10.7. The maximum Gasteiger partial charge on any atom is 0.318 e. The lowest BCUT2D eigenvalue weighted by molar-refractivity contribution is 0.179. The molecule has 2 atom stereocenters. The first kappa shape index (κ1) is 15.3. The van der Waals surface area contributed by atoms with Crippen molar-refractivity contribution < 1.29 is 14.0 Å². The first-order valence-corrected chi connectivity index (χ1v) is 8.78. The first-order valence-electron chi connectivity index (χ1n) is 7.52. The lowest BCUT2D eigenvalue weighted by Gasteiger charge is -2.37. The van der Waals surface area contributed by atoms with Gasteiger partial charge in [0, 0.05) is 17.8 Å². The van der Waals surface area contributed by atoms with Gasteiger partial charge in [0.15, 0.2) is 6.23 Å². The number of fused-ring (bicyclic) bond motifs is 1. The van der Waals surface area contributed by atoms with Crippen molar-refractivity contribution in [2.75, 3.05) is 11.4 Å². The molecule has 116 valence electrons. The monoisotopic (exact) mass is 317 g/mol. The molecule has 1 heterocycles. The van der Waals surface area contributed by atoms with Gasteiger partial charge in [0.05, 0.1) is 0 Å². The van der Waals surface area contributed by atoms with Gasteiger partial charge < -0.3 is 9.79 Å². The van der Waals surface area contributed by atoms with Crippen LogP contribution in [0.1, 0.15) is 29.8 Å². The van der Waals surface area contributed by atoms with Crippen molar-refractivity contribution in [3.63, 3.8) is 0 Å². The van der Waals surface area contributed by atoms with E-state index in [1.807, 2.05) is 18.2 Å². The standard InChI is InChI=1S/C17H20NO3P/c1-2-13-7-9-15(10-8-13)18-12-11-14-5-3-4-6-16(14)17(18)21-22(19)20/h3-10,17,22H,2,11-12H2,1H3,(H,19,20)/t17-/m0/s1. The second-order valence-electron chi connectivity index (χ2n) is 5.40. The highest BCUT2D eigenvalue weighted by molar-refractivity contribution is 7.32. The van der Waals surface area contributed by atoms with Crippen molar-refractivity contribution in [2.45, 2.75) is 26.0 Å². The molecule has 2 aromatic rings. The van der Waals surface area contributed by atoms with Crippen LogP contribution in [0, 0.1) is 0 Å². The van der Waals surface area contributed by atoms with Crippen LogP contribution in [0.3, 0.4) is 0 Å². The molecule has 0 spiro atoms. The van der Waals surface area contributed by atoms with Gasteiger partial charge >= 0.3 is 8.25 Å². The largest absolute Gasteiger partial charge is 0.342 e. The highest BCUT2D eigenvalue weighted by atomic mass is 31.1. The predicted octanol–water partition coefficient (Wildman–Crippen LogP) is 3.71. The summed E-state index contributed by atoms with van der Waals surface area (Å²) in [4.78, 5) is 11.3. The molecule has 0 saturated carbocycles. The van der Waals surface area contributed by atoms with Gasteiger partial charge in [-0.05, 0) is 36.1 Å². The van der Waals surface area contributed by atoms with E-state index >= 15 is 0 Å². The van der Waals surface area contributed by atoms with E-state index in [0.717, 1.165) is 30.6 Å². The van der Waals surface area contributed by atoms with Crippen LogP contribution in [-0.4, -0.2) is 11.4 Å². The van der Waals surface area contributed by atoms with E-state index in [0.29, 0.717) is 0 Å². The summed E-state index contributed by atoms with van der Waals surface area (Å²) in [6.07, 6.45) is 1.39. The molecular formula is C17H20NO3P. The summed E-state index contributed by atoms with van der Waals surface area (Å²) >= 11 is 0. The van der Waals surface area contributed by atoms with Gasteiger partial charge in [0.1, 0.15) is 0 Å². The molecule has 0 radical (unpaired) electrons. The molecule has 1 unspecified atom stereocenters. The molecule has 22 heavy (non-hydrogen) atoms. The van der Waals surface area contributed by atoms with Crippen LogP contribution < -0.4 is 4.90 Å². The zero-order valence-corrected chi connectivity index (χ0v) is 13.5. The molecule has 1 aliphatic heterocycles. The summed E-state index contributed by atoms with van der Waals surface area (Å²) in [6.45, 7) is 2.89. The number of anilines is 1. The summed E-state index contributed by atoms with van der Waals surface area (Å²) < 4.78 is 16.7. The second kappa shape index (κ2) is 6.66. The van der Waals surface area contributed by atoms with Crippen LogP contribution in [0.5, 0.6) is 0 Å². The average Bonchev–Trinajstić information content (AvgIpc) is 2.55. The van der Waals surface area contributed by atoms with Crippen LogP contribution in [-0.2, 0) is 21.9 Å². The van der Waals surface area contributed by atoms with Crippen molar-refractivity contribution >= 4 is 13.9 Å². The SMILES string of the molecule is CCc1ccc(N2CCc3ccccc3[C@@H]2O[PH](=O)O)cc1. The van der Waals surface area contributed by atoms with E-state index in [-0.39, 0.29) is 0 Å². The molecule has 0 saturated heterocycles. The molecule has 2 aromatic carbocycles. The molecule has 1 N–H and O–H groups in total. The number of hydrogen-bond donors (Lipinski definition) is 1. The molecule has 0 fully saturated rings. The fourth-order valence-corrected chi connectivity index (χ4v) is 3.38. The molecule has 5 heteroatoms. The summed E-state index contributed by atoms with van der Waals surface area (Å²) in [5.41, 5.74) is 4.44. The van der Waals surface area contributed by atoms with E-state index in [1.165, 1.54) is 11.1 Å². The zero-order chi connectivity index (χ0) is 15.5. The smallest absolute Gasteiger partial charge is 0.318 e. The van der Waals surface area contributed by atoms with Crippen molar-refractivity contribution in [1.82, 2.24) is 0 Å². The van der Waals surface area contributed by atoms with Crippen LogP contribution in [0.2, 0.25) is 0 Å². The van der Waals surface area contributed by atoms with E-state index in [4.69, 9.17) is 4.52 Å². The van der Waals surface area contributed by atoms with E-state index < -0.39 is 14.5 Å². The Labute approximate surface area is 131 Å². The van der Waals surface area contributed by atoms with E-state index in [9.17, 15) is 9.46 Å². The number of benzene rings is 2. The Morgan fingerprint density at radius 2 is 1.95 bits per heavy atom. The van der Waals surface area contributed by atoms with Gasteiger partial charge in [-0.25, -0.2) is 0 Å². The quantitative estimate of drug-likeness (QED) is 0.873. The van der Waals surface area contributed by atoms with Crippen LogP contribution >= 0.6 is 8.25 Å². The minimum atomic E-state index is -3.02. The van der Waals surface area contributed by atoms with Crippen LogP contribution in [0.15, 0.2) is 48.5 Å². The fraction of sp³-hybridized carbons (Fsp3) is 0.294. The number of nitrogens with zero attached hydrogens (tertiary/aromatic N) is 1. The summed E-state index contributed by atoms with van der Waals surface area (Å²) in [5.74, 6) is 0. The number of hydrogen-bond acceptors (Lipinski definition) is 3. The maximum absolute atomic E-state index is 11.3. The van der Waals surface area contributed by atoms with Crippen LogP contribution in [0.4, 0.5) is 5.69 Å². The molecule has 0 amide bonds. The summed E-state index contributed by atoms with van der Waals surface area (Å²) in [7, 11) is -3.02. The van der Waals surface area contributed by atoms with Gasteiger partial charge in [0.2, 0.25) is 0 Å².